The van der Waals surface area contributed by atoms with E-state index in [2.05, 4.69) is 29.3 Å². The van der Waals surface area contributed by atoms with Crippen LogP contribution in [-0.4, -0.2) is 32.6 Å². The highest BCUT2D eigenvalue weighted by atomic mass is 32.1. The van der Waals surface area contributed by atoms with Gasteiger partial charge in [0.1, 0.15) is 0 Å². The lowest BCUT2D eigenvalue weighted by Crippen LogP contribution is -2.26. The molecule has 3 rings (SSSR count). The minimum atomic E-state index is -0.0297. The van der Waals surface area contributed by atoms with Crippen molar-refractivity contribution in [1.29, 1.82) is 0 Å². The van der Waals surface area contributed by atoms with E-state index in [1.165, 1.54) is 0 Å². The fourth-order valence-corrected chi connectivity index (χ4v) is 3.04. The highest BCUT2D eigenvalue weighted by Gasteiger charge is 2.15. The van der Waals surface area contributed by atoms with Gasteiger partial charge >= 0.3 is 0 Å². The maximum atomic E-state index is 12.5. The molecular weight excluding hydrogens is 296 g/mol. The number of carbonyl (C=O) groups excluding carboxylic acids is 1. The van der Waals surface area contributed by atoms with Gasteiger partial charge in [-0.25, -0.2) is 9.67 Å². The molecule has 0 bridgehead atoms. The third-order valence-corrected chi connectivity index (χ3v) is 4.25. The molecule has 5 nitrogen and oxygen atoms in total. The van der Waals surface area contributed by atoms with E-state index in [1.54, 1.807) is 28.6 Å². The molecule has 0 aliphatic rings. The molecule has 3 heterocycles. The SMILES string of the molecule is CC(C)n1ncc2cc(C(=O)N(C)Cc3ccsc3)cnc21. The van der Waals surface area contributed by atoms with Gasteiger partial charge in [0.05, 0.1) is 11.8 Å². The number of pyridine rings is 1. The standard InChI is InChI=1S/C16H18N4OS/c1-11(2)20-15-13(8-18-20)6-14(7-17-15)16(21)19(3)9-12-4-5-22-10-12/h4-8,10-11H,9H2,1-3H3. The fourth-order valence-electron chi connectivity index (χ4n) is 2.38. The van der Waals surface area contributed by atoms with Gasteiger partial charge in [-0.15, -0.1) is 0 Å². The van der Waals surface area contributed by atoms with Crippen molar-refractivity contribution in [1.82, 2.24) is 19.7 Å². The fraction of sp³-hybridized carbons (Fsp3) is 0.312. The lowest BCUT2D eigenvalue weighted by molar-refractivity contribution is 0.0785. The van der Waals surface area contributed by atoms with Gasteiger partial charge in [-0.1, -0.05) is 0 Å². The Morgan fingerprint density at radius 2 is 2.23 bits per heavy atom. The number of rotatable bonds is 4. The van der Waals surface area contributed by atoms with Gasteiger partial charge in [0.15, 0.2) is 5.65 Å². The molecule has 0 N–H and O–H groups in total. The first kappa shape index (κ1) is 14.7. The van der Waals surface area contributed by atoms with E-state index < -0.39 is 0 Å². The van der Waals surface area contributed by atoms with Gasteiger partial charge < -0.3 is 4.90 Å². The summed E-state index contributed by atoms with van der Waals surface area (Å²) in [5, 5.41) is 9.29. The van der Waals surface area contributed by atoms with E-state index in [4.69, 9.17) is 0 Å². The molecule has 0 aliphatic carbocycles. The number of hydrogen-bond donors (Lipinski definition) is 0. The molecule has 3 aromatic rings. The largest absolute Gasteiger partial charge is 0.337 e. The van der Waals surface area contributed by atoms with Crippen LogP contribution in [0.25, 0.3) is 11.0 Å². The Morgan fingerprint density at radius 1 is 1.41 bits per heavy atom. The van der Waals surface area contributed by atoms with Gasteiger partial charge in [0.25, 0.3) is 5.91 Å². The molecule has 0 aliphatic heterocycles. The minimum absolute atomic E-state index is 0.0297. The Morgan fingerprint density at radius 3 is 2.91 bits per heavy atom. The van der Waals surface area contributed by atoms with Gasteiger partial charge in [0.2, 0.25) is 0 Å². The summed E-state index contributed by atoms with van der Waals surface area (Å²) >= 11 is 1.64. The van der Waals surface area contributed by atoms with E-state index in [9.17, 15) is 4.79 Å². The highest BCUT2D eigenvalue weighted by Crippen LogP contribution is 2.18. The highest BCUT2D eigenvalue weighted by molar-refractivity contribution is 7.07. The Hall–Kier alpha value is -2.21. The quantitative estimate of drug-likeness (QED) is 0.742. The molecule has 0 radical (unpaired) electrons. The van der Waals surface area contributed by atoms with Crippen LogP contribution in [0, 0.1) is 0 Å². The summed E-state index contributed by atoms with van der Waals surface area (Å²) in [7, 11) is 1.81. The van der Waals surface area contributed by atoms with Gasteiger partial charge in [-0.3, -0.25) is 4.79 Å². The zero-order chi connectivity index (χ0) is 15.7. The van der Waals surface area contributed by atoms with Crippen LogP contribution in [0.15, 0.2) is 35.3 Å². The minimum Gasteiger partial charge on any atom is -0.337 e. The van der Waals surface area contributed by atoms with Crippen molar-refractivity contribution in [2.24, 2.45) is 0 Å². The summed E-state index contributed by atoms with van der Waals surface area (Å²) in [5.41, 5.74) is 2.54. The van der Waals surface area contributed by atoms with E-state index >= 15 is 0 Å². The molecule has 0 saturated carbocycles. The lowest BCUT2D eigenvalue weighted by atomic mass is 10.2. The van der Waals surface area contributed by atoms with Crippen molar-refractivity contribution in [3.63, 3.8) is 0 Å². The molecule has 0 atom stereocenters. The zero-order valence-corrected chi connectivity index (χ0v) is 13.7. The Bertz CT molecular complexity index is 792. The maximum Gasteiger partial charge on any atom is 0.255 e. The van der Waals surface area contributed by atoms with Crippen LogP contribution in [0.1, 0.15) is 35.8 Å². The topological polar surface area (TPSA) is 51.0 Å². The van der Waals surface area contributed by atoms with Crippen LogP contribution in [-0.2, 0) is 6.54 Å². The van der Waals surface area contributed by atoms with E-state index in [-0.39, 0.29) is 11.9 Å². The summed E-state index contributed by atoms with van der Waals surface area (Å²) in [5.74, 6) is -0.0297. The number of hydrogen-bond acceptors (Lipinski definition) is 4. The second-order valence-corrected chi connectivity index (χ2v) is 6.39. The number of thiophene rings is 1. The smallest absolute Gasteiger partial charge is 0.255 e. The van der Waals surface area contributed by atoms with Crippen LogP contribution in [0.5, 0.6) is 0 Å². The van der Waals surface area contributed by atoms with Crippen LogP contribution >= 0.6 is 11.3 Å². The van der Waals surface area contributed by atoms with Crippen LogP contribution in [0.2, 0.25) is 0 Å². The van der Waals surface area contributed by atoms with E-state index in [1.807, 2.05) is 29.2 Å². The molecule has 0 aromatic carbocycles. The first-order valence-electron chi connectivity index (χ1n) is 7.16. The lowest BCUT2D eigenvalue weighted by Gasteiger charge is -2.16. The van der Waals surface area contributed by atoms with Crippen molar-refractivity contribution < 1.29 is 4.79 Å². The summed E-state index contributed by atoms with van der Waals surface area (Å²) in [4.78, 5) is 18.6. The molecule has 1 amide bonds. The average Bonchev–Trinajstić information content (AvgIpc) is 3.14. The number of aromatic nitrogens is 3. The molecule has 0 saturated heterocycles. The third kappa shape index (κ3) is 2.74. The molecule has 0 fully saturated rings. The van der Waals surface area contributed by atoms with Crippen LogP contribution in [0.4, 0.5) is 0 Å². The molecular formula is C16H18N4OS. The van der Waals surface area contributed by atoms with E-state index in [0.717, 1.165) is 16.6 Å². The average molecular weight is 314 g/mol. The number of nitrogens with zero attached hydrogens (tertiary/aromatic N) is 4. The Kier molecular flexibility index (Phi) is 3.94. The Balaban J connectivity index is 1.85. The summed E-state index contributed by atoms with van der Waals surface area (Å²) in [6.07, 6.45) is 3.40. The summed E-state index contributed by atoms with van der Waals surface area (Å²) < 4.78 is 1.86. The second kappa shape index (κ2) is 5.88. The van der Waals surface area contributed by atoms with Crippen molar-refractivity contribution in [2.75, 3.05) is 7.05 Å². The number of amides is 1. The number of carbonyl (C=O) groups is 1. The van der Waals surface area contributed by atoms with Gasteiger partial charge in [-0.05, 0) is 42.3 Å². The maximum absolute atomic E-state index is 12.5. The molecule has 6 heteroatoms. The van der Waals surface area contributed by atoms with Crippen molar-refractivity contribution in [3.8, 4) is 0 Å². The molecule has 22 heavy (non-hydrogen) atoms. The van der Waals surface area contributed by atoms with E-state index in [0.29, 0.717) is 12.1 Å². The predicted molar refractivity (Wildman–Crippen MR) is 88.0 cm³/mol. The molecule has 3 aromatic heterocycles. The first-order chi connectivity index (χ1) is 10.6. The van der Waals surface area contributed by atoms with Crippen LogP contribution in [0.3, 0.4) is 0 Å². The summed E-state index contributed by atoms with van der Waals surface area (Å²) in [6.45, 7) is 4.72. The van der Waals surface area contributed by atoms with Crippen LogP contribution < -0.4 is 0 Å². The Labute approximate surface area is 133 Å². The predicted octanol–water partition coefficient (Wildman–Crippen LogP) is 3.35. The summed E-state index contributed by atoms with van der Waals surface area (Å²) in [6, 6.07) is 4.14. The van der Waals surface area contributed by atoms with Crippen molar-refractivity contribution >= 4 is 28.3 Å². The third-order valence-electron chi connectivity index (χ3n) is 3.52. The number of fused-ring (bicyclic) bond motifs is 1. The van der Waals surface area contributed by atoms with Gasteiger partial charge in [0, 0.05) is 31.2 Å². The zero-order valence-electron chi connectivity index (χ0n) is 12.9. The molecule has 0 unspecified atom stereocenters. The second-order valence-electron chi connectivity index (χ2n) is 5.61. The normalized spacial score (nSPS) is 11.3. The molecule has 0 spiro atoms. The van der Waals surface area contributed by atoms with Gasteiger partial charge in [-0.2, -0.15) is 16.4 Å². The molecule has 114 valence electrons. The van der Waals surface area contributed by atoms with Crippen molar-refractivity contribution in [2.45, 2.75) is 26.4 Å². The monoisotopic (exact) mass is 314 g/mol. The van der Waals surface area contributed by atoms with Crippen molar-refractivity contribution in [3.05, 3.63) is 46.4 Å². The first-order valence-corrected chi connectivity index (χ1v) is 8.10.